The molecule has 2 aliphatic rings. The zero-order valence-corrected chi connectivity index (χ0v) is 20.8. The van der Waals surface area contributed by atoms with Crippen LogP contribution in [0.2, 0.25) is 0 Å². The molecule has 1 atom stereocenters. The highest BCUT2D eigenvalue weighted by Crippen LogP contribution is 2.45. The lowest BCUT2D eigenvalue weighted by molar-refractivity contribution is -0.122. The molecular weight excluding hydrogens is 486 g/mol. The van der Waals surface area contributed by atoms with Crippen molar-refractivity contribution < 1.29 is 19.1 Å². The summed E-state index contributed by atoms with van der Waals surface area (Å²) < 4.78 is 6.33. The molecule has 1 N–H and O–H groups in total. The SMILES string of the molecule is COc1cc2c(cc1/C=C1/C(=O)NC(=O)N(c3cccc(Br)c3)C1=O)C(C)CC(C)(C)N2C. The van der Waals surface area contributed by atoms with E-state index in [1.54, 1.807) is 31.4 Å². The van der Waals surface area contributed by atoms with Crippen LogP contribution in [0.4, 0.5) is 16.2 Å². The van der Waals surface area contributed by atoms with Gasteiger partial charge in [0.15, 0.2) is 0 Å². The van der Waals surface area contributed by atoms with Gasteiger partial charge in [-0.25, -0.2) is 9.69 Å². The predicted octanol–water partition coefficient (Wildman–Crippen LogP) is 4.85. The zero-order valence-electron chi connectivity index (χ0n) is 19.2. The number of carbonyl (C=O) groups excluding carboxylic acids is 3. The van der Waals surface area contributed by atoms with Gasteiger partial charge in [0.2, 0.25) is 0 Å². The number of urea groups is 1. The van der Waals surface area contributed by atoms with Crippen LogP contribution < -0.4 is 19.9 Å². The molecule has 1 fully saturated rings. The lowest BCUT2D eigenvalue weighted by Crippen LogP contribution is -2.54. The summed E-state index contributed by atoms with van der Waals surface area (Å²) in [6.45, 7) is 6.57. The van der Waals surface area contributed by atoms with E-state index in [4.69, 9.17) is 4.74 Å². The molecule has 2 aromatic carbocycles. The van der Waals surface area contributed by atoms with Crippen LogP contribution in [0.25, 0.3) is 6.08 Å². The summed E-state index contributed by atoms with van der Waals surface area (Å²) in [6.07, 6.45) is 2.46. The number of methoxy groups -OCH3 is 1. The molecule has 4 rings (SSSR count). The molecule has 2 aromatic rings. The largest absolute Gasteiger partial charge is 0.496 e. The Morgan fingerprint density at radius 2 is 1.91 bits per heavy atom. The van der Waals surface area contributed by atoms with Crippen LogP contribution in [-0.4, -0.2) is 37.5 Å². The standard InChI is InChI=1S/C25H26BrN3O4/c1-14-13-25(2,3)28(4)20-12-21(33-5)15(9-18(14)20)10-19-22(30)27-24(32)29(23(19)31)17-8-6-7-16(26)11-17/h6-12,14H,13H2,1-5H3,(H,27,30,32)/b19-10-. The second kappa shape index (κ2) is 8.33. The van der Waals surface area contributed by atoms with Gasteiger partial charge in [-0.1, -0.05) is 28.9 Å². The molecule has 0 aromatic heterocycles. The van der Waals surface area contributed by atoms with E-state index in [0.717, 1.165) is 22.6 Å². The number of barbiturate groups is 1. The van der Waals surface area contributed by atoms with Crippen molar-refractivity contribution >= 4 is 51.2 Å². The van der Waals surface area contributed by atoms with Gasteiger partial charge in [0.25, 0.3) is 11.8 Å². The van der Waals surface area contributed by atoms with Crippen molar-refractivity contribution in [3.05, 3.63) is 57.6 Å². The third-order valence-electron chi connectivity index (χ3n) is 6.45. The highest BCUT2D eigenvalue weighted by Gasteiger charge is 2.38. The van der Waals surface area contributed by atoms with E-state index in [2.05, 4.69) is 54.0 Å². The van der Waals surface area contributed by atoms with E-state index in [1.807, 2.05) is 12.1 Å². The van der Waals surface area contributed by atoms with Gasteiger partial charge in [0.1, 0.15) is 11.3 Å². The van der Waals surface area contributed by atoms with Crippen molar-refractivity contribution in [3.63, 3.8) is 0 Å². The summed E-state index contributed by atoms with van der Waals surface area (Å²) in [4.78, 5) is 41.6. The number of fused-ring (bicyclic) bond motifs is 1. The van der Waals surface area contributed by atoms with Gasteiger partial charge in [-0.15, -0.1) is 0 Å². The predicted molar refractivity (Wildman–Crippen MR) is 132 cm³/mol. The van der Waals surface area contributed by atoms with Crippen LogP contribution in [0, 0.1) is 0 Å². The molecule has 33 heavy (non-hydrogen) atoms. The third-order valence-corrected chi connectivity index (χ3v) is 6.95. The van der Waals surface area contributed by atoms with Crippen LogP contribution in [-0.2, 0) is 9.59 Å². The number of nitrogens with zero attached hydrogens (tertiary/aromatic N) is 2. The molecule has 4 amide bonds. The number of hydrogen-bond donors (Lipinski definition) is 1. The number of halogens is 1. The summed E-state index contributed by atoms with van der Waals surface area (Å²) in [5, 5.41) is 2.27. The van der Waals surface area contributed by atoms with Crippen molar-refractivity contribution in [1.29, 1.82) is 0 Å². The Labute approximate surface area is 201 Å². The number of amides is 4. The summed E-state index contributed by atoms with van der Waals surface area (Å²) >= 11 is 3.35. The molecule has 172 valence electrons. The first kappa shape index (κ1) is 23.0. The van der Waals surface area contributed by atoms with Gasteiger partial charge < -0.3 is 9.64 Å². The van der Waals surface area contributed by atoms with Gasteiger partial charge in [0.05, 0.1) is 12.8 Å². The Morgan fingerprint density at radius 1 is 1.18 bits per heavy atom. The van der Waals surface area contributed by atoms with E-state index in [0.29, 0.717) is 21.5 Å². The lowest BCUT2D eigenvalue weighted by atomic mass is 9.79. The van der Waals surface area contributed by atoms with Crippen LogP contribution in [0.15, 0.2) is 46.4 Å². The van der Waals surface area contributed by atoms with Gasteiger partial charge >= 0.3 is 6.03 Å². The van der Waals surface area contributed by atoms with Crippen molar-refractivity contribution in [2.75, 3.05) is 24.0 Å². The number of nitrogens with one attached hydrogen (secondary N) is 1. The second-order valence-electron chi connectivity index (χ2n) is 9.07. The molecule has 1 unspecified atom stereocenters. The van der Waals surface area contributed by atoms with Crippen LogP contribution in [0.3, 0.4) is 0 Å². The maximum atomic E-state index is 13.3. The first-order valence-electron chi connectivity index (χ1n) is 10.7. The topological polar surface area (TPSA) is 79.0 Å². The Morgan fingerprint density at radius 3 is 2.58 bits per heavy atom. The number of ether oxygens (including phenoxy) is 1. The molecular formula is C25H26BrN3O4. The monoisotopic (exact) mass is 511 g/mol. The normalized spacial score (nSPS) is 21.2. The van der Waals surface area contributed by atoms with E-state index in [1.165, 1.54) is 6.08 Å². The molecule has 1 saturated heterocycles. The summed E-state index contributed by atoms with van der Waals surface area (Å²) in [5.74, 6) is -0.593. The van der Waals surface area contributed by atoms with E-state index in [-0.39, 0.29) is 17.0 Å². The number of benzene rings is 2. The lowest BCUT2D eigenvalue weighted by Gasteiger charge is -2.45. The fourth-order valence-electron chi connectivity index (χ4n) is 4.56. The minimum Gasteiger partial charge on any atom is -0.496 e. The van der Waals surface area contributed by atoms with Crippen LogP contribution in [0.1, 0.15) is 44.2 Å². The summed E-state index contributed by atoms with van der Waals surface area (Å²) in [5.41, 5.74) is 3.00. The number of anilines is 2. The van der Waals surface area contributed by atoms with Crippen LogP contribution >= 0.6 is 15.9 Å². The van der Waals surface area contributed by atoms with Crippen molar-refractivity contribution in [2.24, 2.45) is 0 Å². The molecule has 8 heteroatoms. The molecule has 0 saturated carbocycles. The van der Waals surface area contributed by atoms with Gasteiger partial charge in [-0.05, 0) is 62.1 Å². The van der Waals surface area contributed by atoms with E-state index >= 15 is 0 Å². The Kier molecular flexibility index (Phi) is 5.82. The number of carbonyl (C=O) groups is 3. The maximum absolute atomic E-state index is 13.3. The molecule has 7 nitrogen and oxygen atoms in total. The highest BCUT2D eigenvalue weighted by molar-refractivity contribution is 9.10. The zero-order chi connectivity index (χ0) is 24.1. The van der Waals surface area contributed by atoms with Crippen molar-refractivity contribution in [1.82, 2.24) is 5.32 Å². The molecule has 0 spiro atoms. The van der Waals surface area contributed by atoms with Gasteiger partial charge in [0, 0.05) is 34.4 Å². The second-order valence-corrected chi connectivity index (χ2v) is 9.98. The molecule has 2 heterocycles. The van der Waals surface area contributed by atoms with Gasteiger partial charge in [-0.2, -0.15) is 0 Å². The Bertz CT molecular complexity index is 1200. The summed E-state index contributed by atoms with van der Waals surface area (Å²) in [6, 6.07) is 9.91. The minimum absolute atomic E-state index is 0.0124. The fraction of sp³-hybridized carbons (Fsp3) is 0.320. The Hall–Kier alpha value is -3.13. The molecule has 2 aliphatic heterocycles. The third kappa shape index (κ3) is 4.04. The van der Waals surface area contributed by atoms with Gasteiger partial charge in [-0.3, -0.25) is 14.9 Å². The number of imide groups is 2. The average molecular weight is 512 g/mol. The highest BCUT2D eigenvalue weighted by atomic mass is 79.9. The molecule has 0 aliphatic carbocycles. The Balaban J connectivity index is 1.81. The van der Waals surface area contributed by atoms with Crippen molar-refractivity contribution in [2.45, 2.75) is 38.6 Å². The quantitative estimate of drug-likeness (QED) is 0.470. The first-order chi connectivity index (χ1) is 15.5. The fourth-order valence-corrected chi connectivity index (χ4v) is 4.95. The smallest absolute Gasteiger partial charge is 0.335 e. The molecule has 0 radical (unpaired) electrons. The maximum Gasteiger partial charge on any atom is 0.335 e. The number of rotatable bonds is 3. The van der Waals surface area contributed by atoms with E-state index in [9.17, 15) is 14.4 Å². The summed E-state index contributed by atoms with van der Waals surface area (Å²) in [7, 11) is 3.61. The minimum atomic E-state index is -0.782. The number of hydrogen-bond acceptors (Lipinski definition) is 5. The van der Waals surface area contributed by atoms with Crippen LogP contribution in [0.5, 0.6) is 5.75 Å². The first-order valence-corrected chi connectivity index (χ1v) is 11.5. The van der Waals surface area contributed by atoms with E-state index < -0.39 is 17.8 Å². The van der Waals surface area contributed by atoms with Crippen molar-refractivity contribution in [3.8, 4) is 5.75 Å². The average Bonchev–Trinajstić information content (AvgIpc) is 2.74. The molecule has 0 bridgehead atoms.